The minimum absolute atomic E-state index is 0.0389. The van der Waals surface area contributed by atoms with Crippen molar-refractivity contribution in [1.29, 1.82) is 0 Å². The van der Waals surface area contributed by atoms with Crippen molar-refractivity contribution in [2.75, 3.05) is 17.4 Å². The highest BCUT2D eigenvalue weighted by Gasteiger charge is 2.35. The molecule has 9 heteroatoms. The Morgan fingerprint density at radius 2 is 1.47 bits per heavy atom. The molecule has 2 amide bonds. The molecule has 1 N–H and O–H groups in total. The molecule has 7 nitrogen and oxygen atoms in total. The van der Waals surface area contributed by atoms with Crippen LogP contribution in [0.3, 0.4) is 0 Å². The van der Waals surface area contributed by atoms with Crippen molar-refractivity contribution in [2.24, 2.45) is 0 Å². The summed E-state index contributed by atoms with van der Waals surface area (Å²) >= 11 is 6.42. The van der Waals surface area contributed by atoms with Crippen molar-refractivity contribution in [2.45, 2.75) is 44.7 Å². The predicted molar refractivity (Wildman–Crippen MR) is 172 cm³/mol. The molecule has 0 aromatic heterocycles. The molecule has 4 aromatic rings. The lowest BCUT2D eigenvalue weighted by Crippen LogP contribution is -2.53. The number of hydrogen-bond acceptors (Lipinski definition) is 4. The fourth-order valence-electron chi connectivity index (χ4n) is 4.95. The number of likely N-dealkylation sites (N-methyl/N-ethyl adjacent to an activating group) is 1. The zero-order valence-corrected chi connectivity index (χ0v) is 26.1. The van der Waals surface area contributed by atoms with Crippen molar-refractivity contribution in [3.05, 3.63) is 130 Å². The Balaban J connectivity index is 1.82. The molecule has 4 aromatic carbocycles. The van der Waals surface area contributed by atoms with Gasteiger partial charge in [0.05, 0.1) is 10.6 Å². The van der Waals surface area contributed by atoms with Crippen LogP contribution in [0.5, 0.6) is 0 Å². The van der Waals surface area contributed by atoms with Gasteiger partial charge in [0.25, 0.3) is 10.0 Å². The van der Waals surface area contributed by atoms with Gasteiger partial charge in [-0.05, 0) is 61.7 Å². The van der Waals surface area contributed by atoms with E-state index in [-0.39, 0.29) is 29.5 Å². The average Bonchev–Trinajstić information content (AvgIpc) is 3.00. The zero-order valence-electron chi connectivity index (χ0n) is 24.5. The molecule has 224 valence electrons. The molecule has 0 spiro atoms. The number of amides is 2. The molecule has 0 heterocycles. The van der Waals surface area contributed by atoms with Crippen LogP contribution in [-0.2, 0) is 32.6 Å². The maximum Gasteiger partial charge on any atom is 0.264 e. The standard InChI is InChI=1S/C34H36ClN3O4S/c1-4-36-34(40)32(22-27-14-7-5-8-15-27)37(23-28-16-11-13-25(2)21-28)33(39)24-38(31-20-12-19-30(35)26(31)3)43(41,42)29-17-9-6-10-18-29/h5-21,32H,4,22-24H2,1-3H3,(H,36,40)/t32-/m0/s1. The molecule has 0 fully saturated rings. The molecular formula is C34H36ClN3O4S. The number of aryl methyl sites for hydroxylation is 1. The van der Waals surface area contributed by atoms with E-state index in [2.05, 4.69) is 5.32 Å². The van der Waals surface area contributed by atoms with E-state index in [1.165, 1.54) is 17.0 Å². The van der Waals surface area contributed by atoms with Gasteiger partial charge in [-0.25, -0.2) is 8.42 Å². The summed E-state index contributed by atoms with van der Waals surface area (Å²) in [6, 6.07) is 29.2. The van der Waals surface area contributed by atoms with Gasteiger partial charge in [-0.15, -0.1) is 0 Å². The van der Waals surface area contributed by atoms with E-state index in [1.54, 1.807) is 43.3 Å². The van der Waals surface area contributed by atoms with Crippen LogP contribution in [0.4, 0.5) is 5.69 Å². The number of nitrogens with one attached hydrogen (secondary N) is 1. The maximum atomic E-state index is 14.4. The van der Waals surface area contributed by atoms with Gasteiger partial charge in [0.1, 0.15) is 12.6 Å². The molecule has 4 rings (SSSR count). The summed E-state index contributed by atoms with van der Waals surface area (Å²) in [6.07, 6.45) is 0.256. The molecule has 1 atom stereocenters. The van der Waals surface area contributed by atoms with E-state index in [9.17, 15) is 18.0 Å². The second-order valence-corrected chi connectivity index (χ2v) is 12.6. The van der Waals surface area contributed by atoms with Crippen LogP contribution in [0.25, 0.3) is 0 Å². The first kappa shape index (κ1) is 31.8. The summed E-state index contributed by atoms with van der Waals surface area (Å²) in [4.78, 5) is 29.5. The van der Waals surface area contributed by atoms with E-state index in [1.807, 2.05) is 68.4 Å². The first-order valence-electron chi connectivity index (χ1n) is 14.1. The lowest BCUT2D eigenvalue weighted by molar-refractivity contribution is -0.140. The van der Waals surface area contributed by atoms with Crippen molar-refractivity contribution in [3.63, 3.8) is 0 Å². The third-order valence-electron chi connectivity index (χ3n) is 7.18. The van der Waals surface area contributed by atoms with Gasteiger partial charge in [-0.2, -0.15) is 0 Å². The summed E-state index contributed by atoms with van der Waals surface area (Å²) in [7, 11) is -4.19. The van der Waals surface area contributed by atoms with Gasteiger partial charge in [0.2, 0.25) is 11.8 Å². The minimum atomic E-state index is -4.19. The smallest absolute Gasteiger partial charge is 0.264 e. The highest BCUT2D eigenvalue weighted by Crippen LogP contribution is 2.31. The summed E-state index contributed by atoms with van der Waals surface area (Å²) in [5, 5.41) is 3.25. The van der Waals surface area contributed by atoms with Crippen molar-refractivity contribution < 1.29 is 18.0 Å². The molecule has 0 radical (unpaired) electrons. The summed E-state index contributed by atoms with van der Waals surface area (Å²) in [5.41, 5.74) is 3.52. The topological polar surface area (TPSA) is 86.8 Å². The maximum absolute atomic E-state index is 14.4. The number of carbonyl (C=O) groups excluding carboxylic acids is 2. The molecule has 43 heavy (non-hydrogen) atoms. The fourth-order valence-corrected chi connectivity index (χ4v) is 6.61. The van der Waals surface area contributed by atoms with Gasteiger partial charge >= 0.3 is 0 Å². The van der Waals surface area contributed by atoms with Crippen molar-refractivity contribution in [1.82, 2.24) is 10.2 Å². The predicted octanol–water partition coefficient (Wildman–Crippen LogP) is 5.93. The third-order valence-corrected chi connectivity index (χ3v) is 9.36. The van der Waals surface area contributed by atoms with Crippen LogP contribution in [0.1, 0.15) is 29.2 Å². The monoisotopic (exact) mass is 617 g/mol. The van der Waals surface area contributed by atoms with E-state index >= 15 is 0 Å². The van der Waals surface area contributed by atoms with Crippen LogP contribution in [-0.4, -0.2) is 44.3 Å². The van der Waals surface area contributed by atoms with Gasteiger partial charge in [0, 0.05) is 24.5 Å². The second kappa shape index (κ2) is 14.4. The Hall–Kier alpha value is -4.14. The van der Waals surface area contributed by atoms with Gasteiger partial charge < -0.3 is 10.2 Å². The Labute approximate surface area is 259 Å². The van der Waals surface area contributed by atoms with Crippen LogP contribution >= 0.6 is 11.6 Å². The summed E-state index contributed by atoms with van der Waals surface area (Å²) in [6.45, 7) is 5.45. The Morgan fingerprint density at radius 3 is 2.12 bits per heavy atom. The Kier molecular flexibility index (Phi) is 10.6. The first-order chi connectivity index (χ1) is 20.6. The normalized spacial score (nSPS) is 11.9. The highest BCUT2D eigenvalue weighted by atomic mass is 35.5. The number of halogens is 1. The molecule has 0 aliphatic heterocycles. The number of carbonyl (C=O) groups is 2. The quantitative estimate of drug-likeness (QED) is 0.214. The SMILES string of the molecule is CCNC(=O)[C@H](Cc1ccccc1)N(Cc1cccc(C)c1)C(=O)CN(c1cccc(Cl)c1C)S(=O)(=O)c1ccccc1. The molecular weight excluding hydrogens is 582 g/mol. The Morgan fingerprint density at radius 1 is 0.837 bits per heavy atom. The largest absolute Gasteiger partial charge is 0.355 e. The average molecular weight is 618 g/mol. The molecule has 0 aliphatic carbocycles. The van der Waals surface area contributed by atoms with E-state index < -0.39 is 28.5 Å². The summed E-state index contributed by atoms with van der Waals surface area (Å²) in [5.74, 6) is -0.837. The molecule has 0 aliphatic rings. The van der Waals surface area contributed by atoms with E-state index in [4.69, 9.17) is 11.6 Å². The number of nitrogens with zero attached hydrogens (tertiary/aromatic N) is 2. The number of benzene rings is 4. The summed E-state index contributed by atoms with van der Waals surface area (Å²) < 4.78 is 29.3. The van der Waals surface area contributed by atoms with Gasteiger partial charge in [0.15, 0.2) is 0 Å². The Bertz CT molecular complexity index is 1660. The molecule has 0 saturated carbocycles. The number of anilines is 1. The van der Waals surface area contributed by atoms with E-state index in [0.29, 0.717) is 17.1 Å². The third kappa shape index (κ3) is 7.83. The second-order valence-electron chi connectivity index (χ2n) is 10.3. The lowest BCUT2D eigenvalue weighted by atomic mass is 10.0. The fraction of sp³-hybridized carbons (Fsp3) is 0.235. The lowest BCUT2D eigenvalue weighted by Gasteiger charge is -2.34. The molecule has 0 bridgehead atoms. The van der Waals surface area contributed by atoms with Crippen LogP contribution < -0.4 is 9.62 Å². The van der Waals surface area contributed by atoms with Crippen LogP contribution in [0.15, 0.2) is 108 Å². The number of sulfonamides is 1. The van der Waals surface area contributed by atoms with Crippen molar-refractivity contribution in [3.8, 4) is 0 Å². The van der Waals surface area contributed by atoms with Crippen molar-refractivity contribution >= 4 is 39.1 Å². The van der Waals surface area contributed by atoms with Gasteiger partial charge in [-0.3, -0.25) is 13.9 Å². The molecule has 0 saturated heterocycles. The minimum Gasteiger partial charge on any atom is -0.355 e. The zero-order chi connectivity index (χ0) is 31.0. The first-order valence-corrected chi connectivity index (χ1v) is 15.9. The molecule has 0 unspecified atom stereocenters. The number of rotatable bonds is 12. The highest BCUT2D eigenvalue weighted by molar-refractivity contribution is 7.92. The van der Waals surface area contributed by atoms with Crippen LogP contribution in [0.2, 0.25) is 5.02 Å². The van der Waals surface area contributed by atoms with E-state index in [0.717, 1.165) is 21.0 Å². The van der Waals surface area contributed by atoms with Crippen LogP contribution in [0, 0.1) is 13.8 Å². The number of hydrogen-bond donors (Lipinski definition) is 1. The van der Waals surface area contributed by atoms with Gasteiger partial charge in [-0.1, -0.05) is 96.0 Å².